The molecule has 264 valence electrons. The number of piperazine rings is 1. The molecule has 5 aromatic rings. The summed E-state index contributed by atoms with van der Waals surface area (Å²) in [5.41, 5.74) is 5.26. The minimum Gasteiger partial charge on any atom is -0.494 e. The summed E-state index contributed by atoms with van der Waals surface area (Å²) < 4.78 is 11.8. The predicted octanol–water partition coefficient (Wildman–Crippen LogP) is 6.96. The molecule has 52 heavy (non-hydrogen) atoms. The molecule has 0 atom stereocenters. The third kappa shape index (κ3) is 7.52. The average Bonchev–Trinajstić information content (AvgIpc) is 3.18. The van der Waals surface area contributed by atoms with Crippen LogP contribution in [0.25, 0.3) is 0 Å². The molecule has 1 aromatic heterocycles. The van der Waals surface area contributed by atoms with Gasteiger partial charge in [0, 0.05) is 61.1 Å². The Bertz CT molecular complexity index is 2070. The lowest BCUT2D eigenvalue weighted by atomic mass is 10.1. The van der Waals surface area contributed by atoms with Gasteiger partial charge in [-0.3, -0.25) is 9.69 Å². The third-order valence-electron chi connectivity index (χ3n) is 9.06. The van der Waals surface area contributed by atoms with Gasteiger partial charge in [0.15, 0.2) is 5.82 Å². The second-order valence-corrected chi connectivity index (χ2v) is 12.6. The molecule has 0 radical (unpaired) electrons. The maximum absolute atomic E-state index is 14.5. The number of benzene rings is 4. The molecule has 0 spiro atoms. The summed E-state index contributed by atoms with van der Waals surface area (Å²) in [5, 5.41) is 6.09. The quantitative estimate of drug-likeness (QED) is 0.141. The summed E-state index contributed by atoms with van der Waals surface area (Å²) in [7, 11) is 3.77. The van der Waals surface area contributed by atoms with Gasteiger partial charge in [-0.15, -0.1) is 0 Å². The van der Waals surface area contributed by atoms with Crippen LogP contribution in [0.4, 0.5) is 45.0 Å². The number of fused-ring (bicyclic) bond motifs is 1. The molecule has 2 N–H and O–H groups in total. The summed E-state index contributed by atoms with van der Waals surface area (Å²) in [5.74, 6) is 1.69. The Morgan fingerprint density at radius 2 is 1.67 bits per heavy atom. The highest BCUT2D eigenvalue weighted by molar-refractivity contribution is 6.10. The van der Waals surface area contributed by atoms with Gasteiger partial charge in [-0.25, -0.2) is 14.7 Å². The van der Waals surface area contributed by atoms with Gasteiger partial charge in [-0.2, -0.15) is 4.98 Å². The molecule has 12 nitrogen and oxygen atoms in total. The zero-order valence-corrected chi connectivity index (χ0v) is 29.2. The van der Waals surface area contributed by atoms with Crippen LogP contribution in [0.5, 0.6) is 11.5 Å². The van der Waals surface area contributed by atoms with Crippen LogP contribution in [0.15, 0.2) is 116 Å². The van der Waals surface area contributed by atoms with Gasteiger partial charge in [-0.1, -0.05) is 43.0 Å². The number of ether oxygens (including phenoxy) is 2. The number of hydrogen-bond donors (Lipinski definition) is 2. The van der Waals surface area contributed by atoms with E-state index < -0.39 is 0 Å². The minimum absolute atomic E-state index is 0.241. The van der Waals surface area contributed by atoms with Crippen LogP contribution in [-0.2, 0) is 17.9 Å². The largest absolute Gasteiger partial charge is 0.494 e. The van der Waals surface area contributed by atoms with Crippen molar-refractivity contribution >= 4 is 52.1 Å². The first-order chi connectivity index (χ1) is 25.4. The molecule has 2 aliphatic heterocycles. The van der Waals surface area contributed by atoms with Crippen LogP contribution < -0.4 is 34.8 Å². The summed E-state index contributed by atoms with van der Waals surface area (Å²) in [6, 6.07) is 30.1. The van der Waals surface area contributed by atoms with E-state index in [1.807, 2.05) is 66.7 Å². The van der Waals surface area contributed by atoms with Gasteiger partial charge >= 0.3 is 6.03 Å². The van der Waals surface area contributed by atoms with Crippen LogP contribution in [0.3, 0.4) is 0 Å². The number of amides is 3. The van der Waals surface area contributed by atoms with Crippen molar-refractivity contribution in [2.24, 2.45) is 0 Å². The van der Waals surface area contributed by atoms with Crippen LogP contribution >= 0.6 is 0 Å². The number of aromatic nitrogens is 2. The Labute approximate surface area is 302 Å². The fourth-order valence-corrected chi connectivity index (χ4v) is 6.19. The Morgan fingerprint density at radius 1 is 0.904 bits per heavy atom. The van der Waals surface area contributed by atoms with Crippen molar-refractivity contribution in [3.8, 4) is 11.5 Å². The van der Waals surface area contributed by atoms with Gasteiger partial charge in [0.05, 0.1) is 25.0 Å². The van der Waals surface area contributed by atoms with E-state index in [1.165, 1.54) is 11.0 Å². The number of carbonyl (C=O) groups excluding carboxylic acids is 2. The minimum atomic E-state index is -0.361. The standard InChI is InChI=1S/C40H40N8O4/c1-4-37(49)42-30-11-8-12-33(23-30)48-38-29(26-47(40(48)50)31-13-16-34(17-14-31)52-27-28-9-6-5-7-10-28)25-41-39(44-38)43-35-18-15-32(24-36(35)51-3)46-21-19-45(2)20-22-46/h4-18,23-25H,1,19-22,26-27H2,2-3H3,(H,42,49)(H,41,43,44). The number of anilines is 7. The second kappa shape index (κ2) is 15.2. The van der Waals surface area contributed by atoms with E-state index in [0.717, 1.165) is 43.0 Å². The molecule has 1 saturated heterocycles. The Morgan fingerprint density at radius 3 is 2.42 bits per heavy atom. The van der Waals surface area contributed by atoms with E-state index in [1.54, 1.807) is 42.5 Å². The van der Waals surface area contributed by atoms with E-state index in [-0.39, 0.29) is 18.5 Å². The lowest BCUT2D eigenvalue weighted by Crippen LogP contribution is -2.45. The van der Waals surface area contributed by atoms with E-state index in [0.29, 0.717) is 52.6 Å². The van der Waals surface area contributed by atoms with Crippen molar-refractivity contribution in [3.63, 3.8) is 0 Å². The van der Waals surface area contributed by atoms with Crippen LogP contribution in [0.2, 0.25) is 0 Å². The highest BCUT2D eigenvalue weighted by Crippen LogP contribution is 2.38. The zero-order chi connectivity index (χ0) is 36.0. The maximum atomic E-state index is 14.5. The lowest BCUT2D eigenvalue weighted by molar-refractivity contribution is -0.111. The number of likely N-dealkylation sites (N-methyl/N-ethyl adjacent to an activating group) is 1. The average molecular weight is 697 g/mol. The molecule has 0 unspecified atom stereocenters. The van der Waals surface area contributed by atoms with Gasteiger partial charge < -0.3 is 29.9 Å². The molecule has 1 fully saturated rings. The van der Waals surface area contributed by atoms with Crippen molar-refractivity contribution < 1.29 is 19.1 Å². The highest BCUT2D eigenvalue weighted by Gasteiger charge is 2.35. The first-order valence-corrected chi connectivity index (χ1v) is 17.0. The molecular weight excluding hydrogens is 656 g/mol. The third-order valence-corrected chi connectivity index (χ3v) is 9.06. The summed E-state index contributed by atoms with van der Waals surface area (Å²) >= 11 is 0. The van der Waals surface area contributed by atoms with Crippen LogP contribution in [0, 0.1) is 0 Å². The summed E-state index contributed by atoms with van der Waals surface area (Å²) in [6.07, 6.45) is 2.92. The molecule has 3 amide bonds. The number of carbonyl (C=O) groups is 2. The lowest BCUT2D eigenvalue weighted by Gasteiger charge is -2.36. The zero-order valence-electron chi connectivity index (χ0n) is 29.2. The Kier molecular flexibility index (Phi) is 9.98. The van der Waals surface area contributed by atoms with E-state index in [4.69, 9.17) is 14.5 Å². The molecule has 7 rings (SSSR count). The van der Waals surface area contributed by atoms with Crippen molar-refractivity contribution in [2.75, 3.05) is 65.7 Å². The SMILES string of the molecule is C=CC(=O)Nc1cccc(N2C(=O)N(c3ccc(OCc4ccccc4)cc3)Cc3cnc(Nc4ccc(N5CCN(C)CC5)cc4OC)nc32)c1. The fraction of sp³-hybridized carbons (Fsp3) is 0.200. The Balaban J connectivity index is 1.18. The van der Waals surface area contributed by atoms with Gasteiger partial charge in [0.1, 0.15) is 18.1 Å². The van der Waals surface area contributed by atoms with Crippen molar-refractivity contribution in [3.05, 3.63) is 127 Å². The summed E-state index contributed by atoms with van der Waals surface area (Å²) in [6.45, 7) is 8.09. The normalized spacial score (nSPS) is 14.4. The first kappa shape index (κ1) is 34.1. The molecule has 12 heteroatoms. The molecular formula is C40H40N8O4. The molecule has 2 aliphatic rings. The van der Waals surface area contributed by atoms with Crippen LogP contribution in [-0.4, -0.2) is 67.1 Å². The molecule has 0 saturated carbocycles. The van der Waals surface area contributed by atoms with E-state index >= 15 is 0 Å². The van der Waals surface area contributed by atoms with Crippen molar-refractivity contribution in [1.82, 2.24) is 14.9 Å². The Hall–Kier alpha value is -6.40. The first-order valence-electron chi connectivity index (χ1n) is 17.0. The van der Waals surface area contributed by atoms with Crippen molar-refractivity contribution in [2.45, 2.75) is 13.2 Å². The fourth-order valence-electron chi connectivity index (χ4n) is 6.19. The molecule has 3 heterocycles. The van der Waals surface area contributed by atoms with E-state index in [9.17, 15) is 9.59 Å². The smallest absolute Gasteiger partial charge is 0.335 e. The van der Waals surface area contributed by atoms with Crippen molar-refractivity contribution in [1.29, 1.82) is 0 Å². The maximum Gasteiger partial charge on any atom is 0.335 e. The number of urea groups is 1. The molecule has 4 aromatic carbocycles. The van der Waals surface area contributed by atoms with Gasteiger partial charge in [-0.05, 0) is 73.3 Å². The summed E-state index contributed by atoms with van der Waals surface area (Å²) in [4.78, 5) is 44.0. The topological polar surface area (TPSA) is 115 Å². The predicted molar refractivity (Wildman–Crippen MR) is 204 cm³/mol. The molecule has 0 aliphatic carbocycles. The number of hydrogen-bond acceptors (Lipinski definition) is 9. The van der Waals surface area contributed by atoms with E-state index in [2.05, 4.69) is 45.1 Å². The highest BCUT2D eigenvalue weighted by atomic mass is 16.5. The number of nitrogens with one attached hydrogen (secondary N) is 2. The second-order valence-electron chi connectivity index (χ2n) is 12.6. The molecule has 0 bridgehead atoms. The van der Waals surface area contributed by atoms with Crippen LogP contribution in [0.1, 0.15) is 11.1 Å². The van der Waals surface area contributed by atoms with Gasteiger partial charge in [0.2, 0.25) is 11.9 Å². The monoisotopic (exact) mass is 696 g/mol. The number of methoxy groups -OCH3 is 1. The van der Waals surface area contributed by atoms with Gasteiger partial charge in [0.25, 0.3) is 0 Å². The number of nitrogens with zero attached hydrogens (tertiary/aromatic N) is 6. The number of rotatable bonds is 11.